The second kappa shape index (κ2) is 7.07. The molecular weight excluding hydrogens is 258 g/mol. The van der Waals surface area contributed by atoms with Crippen molar-refractivity contribution in [2.24, 2.45) is 5.92 Å². The Kier molecular flexibility index (Phi) is 5.70. The fourth-order valence-corrected chi connectivity index (χ4v) is 6.01. The van der Waals surface area contributed by atoms with E-state index in [-0.39, 0.29) is 11.3 Å². The molecule has 0 amide bonds. The van der Waals surface area contributed by atoms with E-state index in [0.29, 0.717) is 11.7 Å². The molecule has 0 heterocycles. The largest absolute Gasteiger partial charge is 0.313 e. The highest BCUT2D eigenvalue weighted by Crippen LogP contribution is 2.30. The number of hydrogen-bond donors (Lipinski definition) is 1. The first kappa shape index (κ1) is 15.3. The average molecular weight is 287 g/mol. The first-order valence-corrected chi connectivity index (χ1v) is 9.80. The van der Waals surface area contributed by atoms with Gasteiger partial charge in [0, 0.05) is 6.04 Å². The van der Waals surface area contributed by atoms with Crippen LogP contribution in [0.15, 0.2) is 0 Å². The molecule has 0 aromatic rings. The highest BCUT2D eigenvalue weighted by atomic mass is 32.2. The molecule has 2 saturated carbocycles. The second-order valence-corrected chi connectivity index (χ2v) is 8.62. The Morgan fingerprint density at radius 2 is 1.58 bits per heavy atom. The molecule has 0 bridgehead atoms. The quantitative estimate of drug-likeness (QED) is 0.817. The summed E-state index contributed by atoms with van der Waals surface area (Å²) >= 11 is 0. The van der Waals surface area contributed by atoms with Crippen LogP contribution < -0.4 is 5.32 Å². The third-order valence-electron chi connectivity index (χ3n) is 4.91. The van der Waals surface area contributed by atoms with E-state index in [9.17, 15) is 8.42 Å². The van der Waals surface area contributed by atoms with E-state index in [4.69, 9.17) is 0 Å². The van der Waals surface area contributed by atoms with E-state index in [1.807, 2.05) is 0 Å². The lowest BCUT2D eigenvalue weighted by molar-refractivity contribution is 0.285. The summed E-state index contributed by atoms with van der Waals surface area (Å²) in [6, 6.07) is 0.191. The topological polar surface area (TPSA) is 46.2 Å². The summed E-state index contributed by atoms with van der Waals surface area (Å²) in [6.45, 7) is 2.96. The smallest absolute Gasteiger partial charge is 0.154 e. The fraction of sp³-hybridized carbons (Fsp3) is 1.00. The van der Waals surface area contributed by atoms with Crippen LogP contribution in [0.25, 0.3) is 0 Å². The van der Waals surface area contributed by atoms with Crippen molar-refractivity contribution in [1.29, 1.82) is 0 Å². The Hall–Kier alpha value is -0.0900. The number of sulfone groups is 1. The van der Waals surface area contributed by atoms with Crippen molar-refractivity contribution in [2.75, 3.05) is 12.3 Å². The maximum Gasteiger partial charge on any atom is 0.154 e. The molecular formula is C15H29NO2S. The summed E-state index contributed by atoms with van der Waals surface area (Å²) in [7, 11) is -2.89. The van der Waals surface area contributed by atoms with Gasteiger partial charge in [0.15, 0.2) is 9.84 Å². The van der Waals surface area contributed by atoms with Crippen LogP contribution in [-0.2, 0) is 9.84 Å². The lowest BCUT2D eigenvalue weighted by Crippen LogP contribution is -2.44. The molecule has 0 aliphatic heterocycles. The van der Waals surface area contributed by atoms with Crippen LogP contribution >= 0.6 is 0 Å². The van der Waals surface area contributed by atoms with Crippen molar-refractivity contribution in [1.82, 2.24) is 5.32 Å². The Morgan fingerprint density at radius 1 is 1.00 bits per heavy atom. The maximum atomic E-state index is 12.5. The number of hydrogen-bond acceptors (Lipinski definition) is 3. The van der Waals surface area contributed by atoms with Crippen molar-refractivity contribution in [3.8, 4) is 0 Å². The van der Waals surface area contributed by atoms with Gasteiger partial charge >= 0.3 is 0 Å². The van der Waals surface area contributed by atoms with Gasteiger partial charge in [-0.05, 0) is 38.1 Å². The zero-order chi connectivity index (χ0) is 13.7. The maximum absolute atomic E-state index is 12.5. The predicted molar refractivity (Wildman–Crippen MR) is 80.1 cm³/mol. The lowest BCUT2D eigenvalue weighted by atomic mass is 9.84. The van der Waals surface area contributed by atoms with E-state index in [2.05, 4.69) is 12.2 Å². The van der Waals surface area contributed by atoms with Gasteiger partial charge in [-0.15, -0.1) is 0 Å². The summed E-state index contributed by atoms with van der Waals surface area (Å²) in [5, 5.41) is 3.41. The first-order chi connectivity index (χ1) is 9.13. The Labute approximate surface area is 118 Å². The summed E-state index contributed by atoms with van der Waals surface area (Å²) in [5.41, 5.74) is 0. The standard InChI is InChI=1S/C15H29NO2S/c1-2-16-15(13-8-4-3-5-9-13)12-19(17,18)14-10-6-7-11-14/h13-16H,2-12H2,1H3. The molecule has 1 unspecified atom stereocenters. The van der Waals surface area contributed by atoms with Crippen LogP contribution in [0.3, 0.4) is 0 Å². The fourth-order valence-electron chi connectivity index (χ4n) is 3.79. The van der Waals surface area contributed by atoms with Crippen molar-refractivity contribution in [2.45, 2.75) is 76.0 Å². The predicted octanol–water partition coefficient (Wildman–Crippen LogP) is 2.90. The molecule has 2 aliphatic rings. The minimum atomic E-state index is -2.89. The van der Waals surface area contributed by atoms with E-state index in [1.165, 1.54) is 32.1 Å². The van der Waals surface area contributed by atoms with Crippen molar-refractivity contribution in [3.63, 3.8) is 0 Å². The molecule has 19 heavy (non-hydrogen) atoms. The Bertz CT molecular complexity index is 354. The molecule has 0 aromatic heterocycles. The van der Waals surface area contributed by atoms with Gasteiger partial charge in [0.2, 0.25) is 0 Å². The van der Waals surface area contributed by atoms with Crippen LogP contribution in [0.4, 0.5) is 0 Å². The zero-order valence-corrected chi connectivity index (χ0v) is 13.1. The van der Waals surface area contributed by atoms with Gasteiger partial charge in [-0.2, -0.15) is 0 Å². The van der Waals surface area contributed by atoms with E-state index in [1.54, 1.807) is 0 Å². The first-order valence-electron chi connectivity index (χ1n) is 8.08. The van der Waals surface area contributed by atoms with Gasteiger partial charge < -0.3 is 5.32 Å². The van der Waals surface area contributed by atoms with Crippen LogP contribution in [0.1, 0.15) is 64.7 Å². The molecule has 2 fully saturated rings. The zero-order valence-electron chi connectivity index (χ0n) is 12.2. The highest BCUT2D eigenvalue weighted by Gasteiger charge is 2.33. The molecule has 3 nitrogen and oxygen atoms in total. The van der Waals surface area contributed by atoms with Gasteiger partial charge in [0.1, 0.15) is 0 Å². The van der Waals surface area contributed by atoms with E-state index in [0.717, 1.165) is 32.2 Å². The monoisotopic (exact) mass is 287 g/mol. The van der Waals surface area contributed by atoms with Crippen molar-refractivity contribution in [3.05, 3.63) is 0 Å². The molecule has 0 saturated heterocycles. The summed E-state index contributed by atoms with van der Waals surface area (Å²) in [4.78, 5) is 0. The van der Waals surface area contributed by atoms with Crippen molar-refractivity contribution >= 4 is 9.84 Å². The van der Waals surface area contributed by atoms with Crippen LogP contribution in [0.5, 0.6) is 0 Å². The van der Waals surface area contributed by atoms with Crippen molar-refractivity contribution < 1.29 is 8.42 Å². The van der Waals surface area contributed by atoms with Gasteiger partial charge in [-0.3, -0.25) is 0 Å². The molecule has 1 atom stereocenters. The van der Waals surface area contributed by atoms with Crippen LogP contribution in [0.2, 0.25) is 0 Å². The minimum absolute atomic E-state index is 0.0442. The summed E-state index contributed by atoms with van der Waals surface area (Å²) in [5.74, 6) is 0.945. The van der Waals surface area contributed by atoms with Gasteiger partial charge in [0.25, 0.3) is 0 Å². The molecule has 1 N–H and O–H groups in total. The minimum Gasteiger partial charge on any atom is -0.313 e. The SMILES string of the molecule is CCNC(CS(=O)(=O)C1CCCC1)C1CCCCC1. The molecule has 112 valence electrons. The summed E-state index contributed by atoms with van der Waals surface area (Å²) in [6.07, 6.45) is 10.3. The van der Waals surface area contributed by atoms with Crippen LogP contribution in [0, 0.1) is 5.92 Å². The highest BCUT2D eigenvalue weighted by molar-refractivity contribution is 7.92. The van der Waals surface area contributed by atoms with Gasteiger partial charge in [0.05, 0.1) is 11.0 Å². The summed E-state index contributed by atoms with van der Waals surface area (Å²) < 4.78 is 25.0. The normalized spacial score (nSPS) is 24.7. The van der Waals surface area contributed by atoms with E-state index < -0.39 is 9.84 Å². The van der Waals surface area contributed by atoms with Gasteiger partial charge in [-0.1, -0.05) is 39.0 Å². The Balaban J connectivity index is 1.98. The molecule has 0 radical (unpaired) electrons. The van der Waals surface area contributed by atoms with E-state index >= 15 is 0 Å². The van der Waals surface area contributed by atoms with Gasteiger partial charge in [-0.25, -0.2) is 8.42 Å². The molecule has 4 heteroatoms. The number of rotatable bonds is 6. The van der Waals surface area contributed by atoms with Crippen LogP contribution in [-0.4, -0.2) is 32.0 Å². The molecule has 2 rings (SSSR count). The third kappa shape index (κ3) is 4.19. The number of nitrogens with one attached hydrogen (secondary N) is 1. The average Bonchev–Trinajstić information content (AvgIpc) is 2.94. The molecule has 2 aliphatic carbocycles. The molecule has 0 spiro atoms. The lowest BCUT2D eigenvalue weighted by Gasteiger charge is -2.31. The second-order valence-electron chi connectivity index (χ2n) is 6.30. The Morgan fingerprint density at radius 3 is 2.16 bits per heavy atom. The molecule has 0 aromatic carbocycles. The third-order valence-corrected chi connectivity index (χ3v) is 7.22.